The average molecular weight is 595 g/mol. The van der Waals surface area contributed by atoms with Crippen LogP contribution in [0.3, 0.4) is 0 Å². The number of allylic oxidation sites excluding steroid dienone is 2. The number of nitrogens with zero attached hydrogens (tertiary/aromatic N) is 6. The van der Waals surface area contributed by atoms with E-state index < -0.39 is 0 Å². The van der Waals surface area contributed by atoms with Crippen LogP contribution in [-0.4, -0.2) is 87.0 Å². The molecule has 1 N–H and O–H groups in total. The van der Waals surface area contributed by atoms with E-state index in [9.17, 15) is 5.11 Å². The van der Waals surface area contributed by atoms with Gasteiger partial charge in [-0.2, -0.15) is 15.0 Å². The minimum atomic E-state index is 0.152. The number of anilines is 3. The topological polar surface area (TPSA) is 106 Å². The molecule has 0 aromatic carbocycles. The Kier molecular flexibility index (Phi) is 22.4. The molecule has 42 heavy (non-hydrogen) atoms. The number of ether oxygens (including phenoxy) is 4. The van der Waals surface area contributed by atoms with E-state index in [1.54, 1.807) is 7.11 Å². The maximum Gasteiger partial charge on any atom is 0.235 e. The van der Waals surface area contributed by atoms with Crippen molar-refractivity contribution in [3.05, 3.63) is 25.0 Å². The molecule has 0 saturated heterocycles. The van der Waals surface area contributed by atoms with Crippen molar-refractivity contribution in [3.8, 4) is 0 Å². The Bertz CT molecular complexity index is 819. The second-order valence-electron chi connectivity index (χ2n) is 10.3. The Labute approximate surface area is 254 Å². The molecule has 11 nitrogen and oxygen atoms in total. The summed E-state index contributed by atoms with van der Waals surface area (Å²) in [6, 6.07) is 0. The van der Waals surface area contributed by atoms with Crippen molar-refractivity contribution in [2.45, 2.75) is 91.4 Å². The fourth-order valence-electron chi connectivity index (χ4n) is 3.85. The molecule has 11 heteroatoms. The highest BCUT2D eigenvalue weighted by Gasteiger charge is 2.21. The van der Waals surface area contributed by atoms with Gasteiger partial charge in [0.05, 0.1) is 5.76 Å². The molecule has 1 aromatic heterocycles. The molecule has 242 valence electrons. The molecule has 0 aliphatic carbocycles. The van der Waals surface area contributed by atoms with Crippen molar-refractivity contribution >= 4 is 17.8 Å². The van der Waals surface area contributed by atoms with Gasteiger partial charge in [0.2, 0.25) is 17.8 Å². The largest absolute Gasteiger partial charge is 0.513 e. The first-order chi connectivity index (χ1) is 20.5. The van der Waals surface area contributed by atoms with Crippen LogP contribution in [-0.2, 0) is 18.9 Å². The highest BCUT2D eigenvalue weighted by molar-refractivity contribution is 5.46. The standard InChI is InChI=1S/C31H58N6O5/c1-7-11-15-16-19-36(25-40-21-12-8-2)30-32-29(35(24-39-6)20-17-18-28(5)38)33-31(34-30)37(26-41-22-13-9-3)27-42-23-14-10-4/h7,38H,1,5,8-27H2,2-4,6H3. The lowest BCUT2D eigenvalue weighted by Gasteiger charge is -2.29. The van der Waals surface area contributed by atoms with E-state index in [4.69, 9.17) is 33.9 Å². The molecule has 0 amide bonds. The quantitative estimate of drug-likeness (QED) is 0.0480. The predicted molar refractivity (Wildman–Crippen MR) is 171 cm³/mol. The van der Waals surface area contributed by atoms with Gasteiger partial charge >= 0.3 is 0 Å². The third-order valence-corrected chi connectivity index (χ3v) is 6.38. The van der Waals surface area contributed by atoms with E-state index in [1.165, 1.54) is 0 Å². The maximum atomic E-state index is 9.64. The smallest absolute Gasteiger partial charge is 0.235 e. The van der Waals surface area contributed by atoms with Crippen molar-refractivity contribution in [1.82, 2.24) is 15.0 Å². The molecule has 0 radical (unpaired) electrons. The van der Waals surface area contributed by atoms with Crippen LogP contribution in [0, 0.1) is 0 Å². The van der Waals surface area contributed by atoms with Gasteiger partial charge in [-0.1, -0.05) is 52.7 Å². The van der Waals surface area contributed by atoms with Gasteiger partial charge in [-0.3, -0.25) is 4.90 Å². The summed E-state index contributed by atoms with van der Waals surface area (Å²) in [5, 5.41) is 9.64. The second-order valence-corrected chi connectivity index (χ2v) is 10.3. The van der Waals surface area contributed by atoms with E-state index in [0.717, 1.165) is 64.3 Å². The zero-order chi connectivity index (χ0) is 30.8. The molecule has 0 aliphatic heterocycles. The molecule has 0 bridgehead atoms. The van der Waals surface area contributed by atoms with Gasteiger partial charge in [-0.05, 0) is 44.9 Å². The van der Waals surface area contributed by atoms with Crippen LogP contribution in [0.4, 0.5) is 17.8 Å². The number of hydrogen-bond donors (Lipinski definition) is 1. The fourth-order valence-corrected chi connectivity index (χ4v) is 3.85. The predicted octanol–water partition coefficient (Wildman–Crippen LogP) is 6.43. The summed E-state index contributed by atoms with van der Waals surface area (Å²) in [5.74, 6) is 1.64. The SMILES string of the molecule is C=CCCCCN(COCCCC)c1nc(N(CCCC(=C)O)COC)nc(N(COCCCC)COCCCC)n1. The first kappa shape index (κ1) is 37.6. The number of aliphatic hydroxyl groups excluding tert-OH is 1. The van der Waals surface area contributed by atoms with Gasteiger partial charge < -0.3 is 33.9 Å². The summed E-state index contributed by atoms with van der Waals surface area (Å²) in [6.07, 6.45) is 12.1. The molecular weight excluding hydrogens is 536 g/mol. The highest BCUT2D eigenvalue weighted by atomic mass is 16.5. The number of methoxy groups -OCH3 is 1. The number of rotatable bonds is 29. The highest BCUT2D eigenvalue weighted by Crippen LogP contribution is 2.21. The molecule has 0 unspecified atom stereocenters. The average Bonchev–Trinajstić information content (AvgIpc) is 2.98. The van der Waals surface area contributed by atoms with Crippen LogP contribution >= 0.6 is 0 Å². The van der Waals surface area contributed by atoms with Crippen molar-refractivity contribution in [2.75, 3.05) is 81.6 Å². The number of unbranched alkanes of at least 4 members (excludes halogenated alkanes) is 5. The van der Waals surface area contributed by atoms with E-state index in [-0.39, 0.29) is 12.5 Å². The van der Waals surface area contributed by atoms with Gasteiger partial charge in [-0.15, -0.1) is 6.58 Å². The van der Waals surface area contributed by atoms with Crippen LogP contribution in [0.5, 0.6) is 0 Å². The minimum absolute atomic E-state index is 0.152. The Balaban J connectivity index is 3.46. The lowest BCUT2D eigenvalue weighted by Crippen LogP contribution is -2.36. The van der Waals surface area contributed by atoms with E-state index in [1.807, 2.05) is 15.9 Å². The monoisotopic (exact) mass is 594 g/mol. The summed E-state index contributed by atoms with van der Waals surface area (Å²) in [6.45, 7) is 18.4. The zero-order valence-corrected chi connectivity index (χ0v) is 26.9. The molecule has 1 rings (SSSR count). The number of hydrogen-bond acceptors (Lipinski definition) is 11. The van der Waals surface area contributed by atoms with Crippen LogP contribution < -0.4 is 14.7 Å². The molecule has 1 aromatic rings. The summed E-state index contributed by atoms with van der Waals surface area (Å²) in [5.41, 5.74) is 0. The first-order valence-corrected chi connectivity index (χ1v) is 15.7. The first-order valence-electron chi connectivity index (χ1n) is 15.7. The number of aromatic nitrogens is 3. The minimum Gasteiger partial charge on any atom is -0.513 e. The maximum absolute atomic E-state index is 9.64. The zero-order valence-electron chi connectivity index (χ0n) is 26.9. The Morgan fingerprint density at radius 1 is 0.690 bits per heavy atom. The van der Waals surface area contributed by atoms with Gasteiger partial charge in [0.1, 0.15) is 26.9 Å². The molecule has 0 aliphatic rings. The van der Waals surface area contributed by atoms with Gasteiger partial charge in [0, 0.05) is 46.4 Å². The number of aliphatic hydroxyl groups is 1. The summed E-state index contributed by atoms with van der Waals surface area (Å²) in [4.78, 5) is 20.6. The van der Waals surface area contributed by atoms with Crippen molar-refractivity contribution in [3.63, 3.8) is 0 Å². The molecule has 0 atom stereocenters. The summed E-state index contributed by atoms with van der Waals surface area (Å²) < 4.78 is 23.5. The van der Waals surface area contributed by atoms with Crippen molar-refractivity contribution in [1.29, 1.82) is 0 Å². The third kappa shape index (κ3) is 16.8. The van der Waals surface area contributed by atoms with E-state index in [0.29, 0.717) is 77.2 Å². The van der Waals surface area contributed by atoms with Crippen molar-refractivity contribution < 1.29 is 24.1 Å². The van der Waals surface area contributed by atoms with Crippen LogP contribution in [0.1, 0.15) is 91.4 Å². The van der Waals surface area contributed by atoms with Gasteiger partial charge in [-0.25, -0.2) is 0 Å². The lowest BCUT2D eigenvalue weighted by molar-refractivity contribution is 0.0811. The molecule has 1 heterocycles. The fraction of sp³-hybridized carbons (Fsp3) is 0.774. The van der Waals surface area contributed by atoms with Gasteiger partial charge in [0.25, 0.3) is 0 Å². The summed E-state index contributed by atoms with van der Waals surface area (Å²) >= 11 is 0. The Morgan fingerprint density at radius 3 is 1.60 bits per heavy atom. The second kappa shape index (κ2) is 25.1. The molecule has 0 spiro atoms. The van der Waals surface area contributed by atoms with Gasteiger partial charge in [0.15, 0.2) is 0 Å². The van der Waals surface area contributed by atoms with Crippen LogP contribution in [0.2, 0.25) is 0 Å². The van der Waals surface area contributed by atoms with Crippen LogP contribution in [0.15, 0.2) is 25.0 Å². The normalized spacial score (nSPS) is 11.0. The van der Waals surface area contributed by atoms with E-state index in [2.05, 4.69) is 38.8 Å². The van der Waals surface area contributed by atoms with Crippen LogP contribution in [0.25, 0.3) is 0 Å². The molecule has 0 saturated carbocycles. The molecule has 0 fully saturated rings. The van der Waals surface area contributed by atoms with Crippen molar-refractivity contribution in [2.24, 2.45) is 0 Å². The third-order valence-electron chi connectivity index (χ3n) is 6.38. The Hall–Kier alpha value is -2.47. The molecular formula is C31H58N6O5. The lowest BCUT2D eigenvalue weighted by atomic mass is 10.2. The van der Waals surface area contributed by atoms with E-state index >= 15 is 0 Å². The Morgan fingerprint density at radius 2 is 1.14 bits per heavy atom. The summed E-state index contributed by atoms with van der Waals surface area (Å²) in [7, 11) is 1.64.